The zero-order valence-corrected chi connectivity index (χ0v) is 13.0. The molecule has 0 aliphatic heterocycles. The van der Waals surface area contributed by atoms with Crippen LogP contribution in [0.1, 0.15) is 39.5 Å². The second-order valence-corrected chi connectivity index (χ2v) is 6.05. The highest BCUT2D eigenvalue weighted by molar-refractivity contribution is 7.99. The van der Waals surface area contributed by atoms with E-state index in [1.807, 2.05) is 23.9 Å². The van der Waals surface area contributed by atoms with Crippen LogP contribution in [0.5, 0.6) is 0 Å². The van der Waals surface area contributed by atoms with Crippen molar-refractivity contribution < 1.29 is 0 Å². The summed E-state index contributed by atoms with van der Waals surface area (Å²) in [5, 5.41) is 4.39. The van der Waals surface area contributed by atoms with Crippen molar-refractivity contribution in [2.45, 2.75) is 50.5 Å². The first-order chi connectivity index (χ1) is 8.76. The van der Waals surface area contributed by atoms with Gasteiger partial charge in [-0.05, 0) is 37.2 Å². The van der Waals surface area contributed by atoms with Gasteiger partial charge >= 0.3 is 0 Å². The quantitative estimate of drug-likeness (QED) is 0.507. The van der Waals surface area contributed by atoms with Crippen LogP contribution in [0.4, 0.5) is 0 Å². The molecule has 0 aliphatic carbocycles. The Kier molecular flexibility index (Phi) is 8.57. The molecular formula is C15H24ClNS. The molecule has 0 saturated heterocycles. The van der Waals surface area contributed by atoms with E-state index in [1.54, 1.807) is 0 Å². The number of halogens is 1. The predicted octanol–water partition coefficient (Wildman–Crippen LogP) is 4.99. The zero-order valence-electron chi connectivity index (χ0n) is 11.4. The van der Waals surface area contributed by atoms with Gasteiger partial charge in [0.1, 0.15) is 0 Å². The Morgan fingerprint density at radius 2 is 1.89 bits per heavy atom. The third-order valence-electron chi connectivity index (χ3n) is 2.91. The van der Waals surface area contributed by atoms with E-state index in [0.717, 1.165) is 17.3 Å². The van der Waals surface area contributed by atoms with Gasteiger partial charge in [0.2, 0.25) is 0 Å². The van der Waals surface area contributed by atoms with E-state index in [4.69, 9.17) is 11.6 Å². The molecule has 1 rings (SSSR count). The van der Waals surface area contributed by atoms with E-state index in [0.29, 0.717) is 6.04 Å². The average molecular weight is 286 g/mol. The fraction of sp³-hybridized carbons (Fsp3) is 0.600. The SMILES string of the molecule is CCCCCC(CSc1ccc(Cl)cc1)NCC. The number of hydrogen-bond acceptors (Lipinski definition) is 2. The number of benzene rings is 1. The maximum atomic E-state index is 5.89. The van der Waals surface area contributed by atoms with E-state index in [-0.39, 0.29) is 0 Å². The second-order valence-electron chi connectivity index (χ2n) is 4.52. The number of thioether (sulfide) groups is 1. The van der Waals surface area contributed by atoms with Crippen LogP contribution in [0.15, 0.2) is 29.2 Å². The Morgan fingerprint density at radius 3 is 2.50 bits per heavy atom. The molecule has 102 valence electrons. The Labute approximate surface area is 121 Å². The molecule has 0 fully saturated rings. The van der Waals surface area contributed by atoms with Gasteiger partial charge in [-0.2, -0.15) is 0 Å². The van der Waals surface area contributed by atoms with E-state index in [9.17, 15) is 0 Å². The second kappa shape index (κ2) is 9.71. The number of nitrogens with one attached hydrogen (secondary N) is 1. The number of unbranched alkanes of at least 4 members (excludes halogenated alkanes) is 2. The molecule has 0 saturated carbocycles. The first-order valence-electron chi connectivity index (χ1n) is 6.88. The van der Waals surface area contributed by atoms with E-state index >= 15 is 0 Å². The van der Waals surface area contributed by atoms with Crippen molar-refractivity contribution in [3.8, 4) is 0 Å². The maximum Gasteiger partial charge on any atom is 0.0406 e. The van der Waals surface area contributed by atoms with Gasteiger partial charge in [-0.3, -0.25) is 0 Å². The molecule has 3 heteroatoms. The summed E-state index contributed by atoms with van der Waals surface area (Å²) in [7, 11) is 0. The fourth-order valence-electron chi connectivity index (χ4n) is 1.90. The summed E-state index contributed by atoms with van der Waals surface area (Å²) in [6.45, 7) is 5.49. The van der Waals surface area contributed by atoms with Crippen molar-refractivity contribution in [3.05, 3.63) is 29.3 Å². The third kappa shape index (κ3) is 6.67. The predicted molar refractivity (Wildman–Crippen MR) is 83.8 cm³/mol. The molecule has 1 unspecified atom stereocenters. The summed E-state index contributed by atoms with van der Waals surface area (Å²) in [4.78, 5) is 1.30. The van der Waals surface area contributed by atoms with E-state index < -0.39 is 0 Å². The maximum absolute atomic E-state index is 5.89. The van der Waals surface area contributed by atoms with Crippen LogP contribution in [0.25, 0.3) is 0 Å². The van der Waals surface area contributed by atoms with E-state index in [1.165, 1.54) is 30.6 Å². The first kappa shape index (κ1) is 15.9. The largest absolute Gasteiger partial charge is 0.313 e. The van der Waals surface area contributed by atoms with Crippen molar-refractivity contribution in [1.82, 2.24) is 5.32 Å². The molecule has 18 heavy (non-hydrogen) atoms. The molecule has 0 spiro atoms. The summed E-state index contributed by atoms with van der Waals surface area (Å²) in [5.41, 5.74) is 0. The lowest BCUT2D eigenvalue weighted by Crippen LogP contribution is -2.31. The molecule has 1 N–H and O–H groups in total. The summed E-state index contributed by atoms with van der Waals surface area (Å²) in [6.07, 6.45) is 5.24. The summed E-state index contributed by atoms with van der Waals surface area (Å²) in [6, 6.07) is 8.75. The third-order valence-corrected chi connectivity index (χ3v) is 4.34. The van der Waals surface area contributed by atoms with Gasteiger partial charge in [0.05, 0.1) is 0 Å². The van der Waals surface area contributed by atoms with E-state index in [2.05, 4.69) is 31.3 Å². The average Bonchev–Trinajstić information content (AvgIpc) is 2.38. The van der Waals surface area contributed by atoms with Gasteiger partial charge in [-0.1, -0.05) is 44.7 Å². The van der Waals surface area contributed by atoms with Crippen LogP contribution >= 0.6 is 23.4 Å². The minimum atomic E-state index is 0.627. The van der Waals surface area contributed by atoms with Gasteiger partial charge in [0, 0.05) is 21.7 Å². The van der Waals surface area contributed by atoms with Gasteiger partial charge in [-0.15, -0.1) is 11.8 Å². The molecule has 0 radical (unpaired) electrons. The molecule has 0 aromatic heterocycles. The Morgan fingerprint density at radius 1 is 1.17 bits per heavy atom. The topological polar surface area (TPSA) is 12.0 Å². The lowest BCUT2D eigenvalue weighted by molar-refractivity contribution is 0.506. The van der Waals surface area contributed by atoms with Crippen LogP contribution < -0.4 is 5.32 Å². The molecule has 1 atom stereocenters. The van der Waals surface area contributed by atoms with Gasteiger partial charge in [-0.25, -0.2) is 0 Å². The number of hydrogen-bond donors (Lipinski definition) is 1. The van der Waals surface area contributed by atoms with Crippen molar-refractivity contribution in [1.29, 1.82) is 0 Å². The standard InChI is InChI=1S/C15H24ClNS/c1-3-5-6-7-14(17-4-2)12-18-15-10-8-13(16)9-11-15/h8-11,14,17H,3-7,12H2,1-2H3. The van der Waals surface area contributed by atoms with Crippen molar-refractivity contribution in [2.24, 2.45) is 0 Å². The normalized spacial score (nSPS) is 12.6. The van der Waals surface area contributed by atoms with Gasteiger partial charge in [0.25, 0.3) is 0 Å². The highest BCUT2D eigenvalue weighted by Crippen LogP contribution is 2.22. The number of rotatable bonds is 9. The smallest absolute Gasteiger partial charge is 0.0406 e. The Balaban J connectivity index is 2.33. The Hall–Kier alpha value is -0.180. The summed E-state index contributed by atoms with van der Waals surface area (Å²) >= 11 is 7.80. The lowest BCUT2D eigenvalue weighted by Gasteiger charge is -2.17. The summed E-state index contributed by atoms with van der Waals surface area (Å²) in [5.74, 6) is 1.14. The van der Waals surface area contributed by atoms with Gasteiger partial charge < -0.3 is 5.32 Å². The molecule has 0 aliphatic rings. The van der Waals surface area contributed by atoms with Crippen molar-refractivity contribution >= 4 is 23.4 Å². The molecular weight excluding hydrogens is 262 g/mol. The molecule has 0 heterocycles. The van der Waals surface area contributed by atoms with Crippen LogP contribution in [-0.2, 0) is 0 Å². The fourth-order valence-corrected chi connectivity index (χ4v) is 3.03. The highest BCUT2D eigenvalue weighted by atomic mass is 35.5. The molecule has 0 bridgehead atoms. The lowest BCUT2D eigenvalue weighted by atomic mass is 10.1. The van der Waals surface area contributed by atoms with Crippen molar-refractivity contribution in [2.75, 3.05) is 12.3 Å². The molecule has 1 aromatic rings. The first-order valence-corrected chi connectivity index (χ1v) is 8.24. The molecule has 1 aromatic carbocycles. The molecule has 0 amide bonds. The van der Waals surface area contributed by atoms with Crippen LogP contribution in [0.2, 0.25) is 5.02 Å². The zero-order chi connectivity index (χ0) is 13.2. The van der Waals surface area contributed by atoms with Crippen LogP contribution in [-0.4, -0.2) is 18.3 Å². The van der Waals surface area contributed by atoms with Crippen LogP contribution in [0.3, 0.4) is 0 Å². The summed E-state index contributed by atoms with van der Waals surface area (Å²) < 4.78 is 0. The van der Waals surface area contributed by atoms with Crippen molar-refractivity contribution in [3.63, 3.8) is 0 Å². The monoisotopic (exact) mass is 285 g/mol. The minimum absolute atomic E-state index is 0.627. The van der Waals surface area contributed by atoms with Gasteiger partial charge in [0.15, 0.2) is 0 Å². The minimum Gasteiger partial charge on any atom is -0.313 e. The highest BCUT2D eigenvalue weighted by Gasteiger charge is 2.07. The Bertz CT molecular complexity index is 313. The molecule has 1 nitrogen and oxygen atoms in total. The van der Waals surface area contributed by atoms with Crippen LogP contribution in [0, 0.1) is 0 Å².